The van der Waals surface area contributed by atoms with Crippen molar-refractivity contribution < 1.29 is 0 Å². The molecular formula is C18H27N. The molecular weight excluding hydrogens is 230 g/mol. The van der Waals surface area contributed by atoms with Gasteiger partial charge in [0.15, 0.2) is 0 Å². The highest BCUT2D eigenvalue weighted by Crippen LogP contribution is 2.56. The third kappa shape index (κ3) is 1.67. The van der Waals surface area contributed by atoms with Crippen LogP contribution in [-0.4, -0.2) is 12.1 Å². The van der Waals surface area contributed by atoms with Crippen molar-refractivity contribution in [3.63, 3.8) is 0 Å². The Morgan fingerprint density at radius 2 is 1.79 bits per heavy atom. The van der Waals surface area contributed by atoms with E-state index in [9.17, 15) is 0 Å². The Morgan fingerprint density at radius 1 is 1.11 bits per heavy atom. The van der Waals surface area contributed by atoms with Gasteiger partial charge in [-0.1, -0.05) is 19.9 Å². The van der Waals surface area contributed by atoms with Crippen LogP contribution >= 0.6 is 0 Å². The molecule has 2 fully saturated rings. The maximum atomic E-state index is 2.74. The molecule has 0 amide bonds. The lowest BCUT2D eigenvalue weighted by molar-refractivity contribution is 0.286. The van der Waals surface area contributed by atoms with Gasteiger partial charge in [0, 0.05) is 17.8 Å². The highest BCUT2D eigenvalue weighted by atomic mass is 15.3. The zero-order chi connectivity index (χ0) is 13.9. The minimum Gasteiger partial charge on any atom is -0.365 e. The largest absolute Gasteiger partial charge is 0.365 e. The summed E-state index contributed by atoms with van der Waals surface area (Å²) in [4.78, 5) is 2.74. The summed E-state index contributed by atoms with van der Waals surface area (Å²) in [6, 6.07) is 6.12. The molecule has 1 saturated carbocycles. The Balaban J connectivity index is 2.09. The second-order valence-electron chi connectivity index (χ2n) is 7.39. The maximum absolute atomic E-state index is 2.74. The quantitative estimate of drug-likeness (QED) is 0.709. The van der Waals surface area contributed by atoms with Gasteiger partial charge in [-0.2, -0.15) is 0 Å². The summed E-state index contributed by atoms with van der Waals surface area (Å²) in [5.41, 5.74) is 6.27. The van der Waals surface area contributed by atoms with E-state index in [2.05, 4.69) is 58.6 Å². The van der Waals surface area contributed by atoms with Crippen LogP contribution in [0.2, 0.25) is 0 Å². The third-order valence-corrected chi connectivity index (χ3v) is 5.98. The topological polar surface area (TPSA) is 3.24 Å². The first-order chi connectivity index (χ1) is 8.84. The Kier molecular flexibility index (Phi) is 2.75. The summed E-state index contributed by atoms with van der Waals surface area (Å²) in [6.07, 6.45) is 2.79. The molecule has 0 aromatic heterocycles. The van der Waals surface area contributed by atoms with Gasteiger partial charge in [-0.3, -0.25) is 0 Å². The fourth-order valence-corrected chi connectivity index (χ4v) is 4.84. The predicted molar refractivity (Wildman–Crippen MR) is 82.9 cm³/mol. The van der Waals surface area contributed by atoms with Crippen LogP contribution in [0.5, 0.6) is 0 Å². The first-order valence-corrected chi connectivity index (χ1v) is 7.70. The fourth-order valence-electron chi connectivity index (χ4n) is 4.84. The van der Waals surface area contributed by atoms with Crippen LogP contribution < -0.4 is 4.90 Å². The number of rotatable bonds is 1. The number of nitrogens with zero attached hydrogens (tertiary/aromatic N) is 1. The van der Waals surface area contributed by atoms with E-state index in [-0.39, 0.29) is 0 Å². The van der Waals surface area contributed by atoms with Crippen LogP contribution in [0, 0.1) is 32.1 Å². The van der Waals surface area contributed by atoms with E-state index in [1.807, 2.05) is 0 Å². The van der Waals surface area contributed by atoms with Crippen LogP contribution in [0.1, 0.15) is 50.3 Å². The van der Waals surface area contributed by atoms with Gasteiger partial charge in [0.2, 0.25) is 0 Å². The van der Waals surface area contributed by atoms with Crippen molar-refractivity contribution in [2.75, 3.05) is 4.90 Å². The molecule has 1 aromatic rings. The van der Waals surface area contributed by atoms with Crippen LogP contribution in [0.4, 0.5) is 5.69 Å². The molecule has 1 aliphatic heterocycles. The van der Waals surface area contributed by atoms with E-state index in [0.29, 0.717) is 11.5 Å². The number of fused-ring (bicyclic) bond motifs is 2. The Morgan fingerprint density at radius 3 is 2.37 bits per heavy atom. The second-order valence-corrected chi connectivity index (χ2v) is 7.39. The van der Waals surface area contributed by atoms with Crippen molar-refractivity contribution in [1.82, 2.24) is 0 Å². The normalized spacial score (nSPS) is 32.1. The summed E-state index contributed by atoms with van der Waals surface area (Å²) in [5.74, 6) is 0.859. The van der Waals surface area contributed by atoms with Gasteiger partial charge in [0.1, 0.15) is 0 Å². The van der Waals surface area contributed by atoms with Crippen molar-refractivity contribution in [2.24, 2.45) is 11.3 Å². The first-order valence-electron chi connectivity index (χ1n) is 7.70. The number of aryl methyl sites for hydroxylation is 2. The molecule has 2 aliphatic rings. The van der Waals surface area contributed by atoms with E-state index >= 15 is 0 Å². The summed E-state index contributed by atoms with van der Waals surface area (Å²) in [7, 11) is 0. The van der Waals surface area contributed by atoms with Gasteiger partial charge in [0.05, 0.1) is 0 Å². The Hall–Kier alpha value is -0.980. The molecule has 1 aromatic carbocycles. The summed E-state index contributed by atoms with van der Waals surface area (Å²) >= 11 is 0. The first kappa shape index (κ1) is 13.0. The molecule has 0 N–H and O–H groups in total. The van der Waals surface area contributed by atoms with E-state index in [1.165, 1.54) is 35.2 Å². The van der Waals surface area contributed by atoms with E-state index in [1.54, 1.807) is 0 Å². The molecule has 1 nitrogen and oxygen atoms in total. The summed E-state index contributed by atoms with van der Waals surface area (Å²) in [6.45, 7) is 14.1. The number of piperidine rings is 1. The molecule has 0 spiro atoms. The van der Waals surface area contributed by atoms with Crippen molar-refractivity contribution in [2.45, 2.75) is 66.5 Å². The lowest BCUT2D eigenvalue weighted by Gasteiger charge is -2.37. The second kappa shape index (κ2) is 4.01. The maximum Gasteiger partial charge on any atom is 0.0406 e. The SMILES string of the molecule is Cc1cc(C)c(C)c(N2C3CCC([C@@H]2C)C3(C)C)c1. The van der Waals surface area contributed by atoms with Crippen LogP contribution in [-0.2, 0) is 0 Å². The lowest BCUT2D eigenvalue weighted by atomic mass is 9.80. The van der Waals surface area contributed by atoms with Gasteiger partial charge in [-0.25, -0.2) is 0 Å². The van der Waals surface area contributed by atoms with E-state index in [0.717, 1.165) is 12.0 Å². The van der Waals surface area contributed by atoms with Gasteiger partial charge < -0.3 is 4.90 Å². The molecule has 2 bridgehead atoms. The molecule has 0 radical (unpaired) electrons. The van der Waals surface area contributed by atoms with Gasteiger partial charge in [-0.15, -0.1) is 0 Å². The molecule has 1 heteroatoms. The summed E-state index contributed by atoms with van der Waals surface area (Å²) in [5, 5.41) is 0. The van der Waals surface area contributed by atoms with Crippen molar-refractivity contribution in [3.05, 3.63) is 28.8 Å². The Bertz CT molecular complexity index is 515. The van der Waals surface area contributed by atoms with Gasteiger partial charge in [-0.05, 0) is 74.6 Å². The van der Waals surface area contributed by atoms with Crippen LogP contribution in [0.25, 0.3) is 0 Å². The van der Waals surface area contributed by atoms with E-state index < -0.39 is 0 Å². The molecule has 104 valence electrons. The standard InChI is InChI=1S/C18H27N/c1-11-9-12(2)13(3)16(10-11)19-14(4)15-7-8-17(19)18(15,5)6/h9-10,14-15,17H,7-8H2,1-6H3/t14-,15?,17?/m0/s1. The average molecular weight is 257 g/mol. The van der Waals surface area contributed by atoms with Crippen LogP contribution in [0.3, 0.4) is 0 Å². The average Bonchev–Trinajstić information content (AvgIpc) is 2.70. The molecule has 1 heterocycles. The lowest BCUT2D eigenvalue weighted by Crippen LogP contribution is -2.40. The fraction of sp³-hybridized carbons (Fsp3) is 0.667. The van der Waals surface area contributed by atoms with Crippen molar-refractivity contribution in [3.8, 4) is 0 Å². The molecule has 1 aliphatic carbocycles. The zero-order valence-electron chi connectivity index (χ0n) is 13.2. The molecule has 3 rings (SSSR count). The molecule has 19 heavy (non-hydrogen) atoms. The summed E-state index contributed by atoms with van der Waals surface area (Å²) < 4.78 is 0. The zero-order valence-corrected chi connectivity index (χ0v) is 13.2. The number of hydrogen-bond acceptors (Lipinski definition) is 1. The van der Waals surface area contributed by atoms with Crippen molar-refractivity contribution in [1.29, 1.82) is 0 Å². The van der Waals surface area contributed by atoms with Crippen molar-refractivity contribution >= 4 is 5.69 Å². The van der Waals surface area contributed by atoms with Gasteiger partial charge >= 0.3 is 0 Å². The monoisotopic (exact) mass is 257 g/mol. The Labute approximate surface area is 118 Å². The van der Waals surface area contributed by atoms with Crippen LogP contribution in [0.15, 0.2) is 12.1 Å². The number of hydrogen-bond donors (Lipinski definition) is 0. The molecule has 2 unspecified atom stereocenters. The number of benzene rings is 1. The molecule has 1 saturated heterocycles. The minimum atomic E-state index is 0.476. The minimum absolute atomic E-state index is 0.476. The predicted octanol–water partition coefficient (Wildman–Crippen LogP) is 4.63. The molecule has 3 atom stereocenters. The number of anilines is 1. The highest BCUT2D eigenvalue weighted by molar-refractivity contribution is 5.61. The smallest absolute Gasteiger partial charge is 0.0406 e. The third-order valence-electron chi connectivity index (χ3n) is 5.98. The highest BCUT2D eigenvalue weighted by Gasteiger charge is 2.56. The van der Waals surface area contributed by atoms with Gasteiger partial charge in [0.25, 0.3) is 0 Å². The van der Waals surface area contributed by atoms with E-state index in [4.69, 9.17) is 0 Å².